The van der Waals surface area contributed by atoms with Crippen molar-refractivity contribution in [2.24, 2.45) is 0 Å². The van der Waals surface area contributed by atoms with E-state index in [1.54, 1.807) is 0 Å². The predicted octanol–water partition coefficient (Wildman–Crippen LogP) is 1.66. The van der Waals surface area contributed by atoms with Crippen molar-refractivity contribution in [2.45, 2.75) is 51.7 Å². The smallest absolute Gasteiger partial charge is 0.302 e. The molecule has 1 aliphatic heterocycles. The molecule has 0 aromatic heterocycles. The van der Waals surface area contributed by atoms with Gasteiger partial charge in [-0.05, 0) is 19.3 Å². The molecule has 1 rings (SSSR count). The summed E-state index contributed by atoms with van der Waals surface area (Å²) < 4.78 is 10.5. The minimum absolute atomic E-state index is 0.0591. The summed E-state index contributed by atoms with van der Waals surface area (Å²) in [5.41, 5.74) is 0.736. The molecule has 2 atom stereocenters. The molecule has 1 fully saturated rings. The molecule has 0 N–H and O–H groups in total. The lowest BCUT2D eigenvalue weighted by atomic mass is 10.1. The average molecular weight is 226 g/mol. The maximum atomic E-state index is 10.6. The number of carbonyl (C=O) groups is 1. The van der Waals surface area contributed by atoms with E-state index in [9.17, 15) is 9.59 Å². The molecule has 0 aliphatic carbocycles. The maximum absolute atomic E-state index is 10.6. The fraction of sp³-hybridized carbons (Fsp3) is 0.750. The summed E-state index contributed by atoms with van der Waals surface area (Å²) >= 11 is 0. The van der Waals surface area contributed by atoms with Gasteiger partial charge in [0.25, 0.3) is 0 Å². The van der Waals surface area contributed by atoms with Crippen LogP contribution in [-0.4, -0.2) is 30.7 Å². The Morgan fingerprint density at radius 2 is 2.38 bits per heavy atom. The maximum Gasteiger partial charge on any atom is 0.302 e. The van der Waals surface area contributed by atoms with Gasteiger partial charge in [0.1, 0.15) is 5.94 Å². The van der Waals surface area contributed by atoms with E-state index in [4.69, 9.17) is 9.47 Å². The molecule has 0 bridgehead atoms. The Morgan fingerprint density at radius 3 is 2.88 bits per heavy atom. The average Bonchev–Trinajstić information content (AvgIpc) is 2.66. The lowest BCUT2D eigenvalue weighted by Crippen LogP contribution is -2.11. The van der Waals surface area contributed by atoms with Crippen LogP contribution < -0.4 is 0 Å². The molecule has 1 aliphatic rings. The van der Waals surface area contributed by atoms with Crippen LogP contribution in [0.1, 0.15) is 39.5 Å². The third kappa shape index (κ3) is 3.80. The molecule has 0 amide bonds. The van der Waals surface area contributed by atoms with Crippen molar-refractivity contribution in [1.29, 1.82) is 0 Å². The first-order chi connectivity index (χ1) is 7.67. The molecule has 1 saturated heterocycles. The van der Waals surface area contributed by atoms with E-state index in [1.165, 1.54) is 6.92 Å². The van der Waals surface area contributed by atoms with Crippen LogP contribution in [0.4, 0.5) is 0 Å². The summed E-state index contributed by atoms with van der Waals surface area (Å²) in [5.74, 6) is 1.70. The minimum atomic E-state index is -0.257. The van der Waals surface area contributed by atoms with Crippen LogP contribution >= 0.6 is 0 Å². The van der Waals surface area contributed by atoms with Crippen molar-refractivity contribution in [3.8, 4) is 0 Å². The van der Waals surface area contributed by atoms with E-state index in [-0.39, 0.29) is 18.2 Å². The zero-order valence-electron chi connectivity index (χ0n) is 9.82. The highest BCUT2D eigenvalue weighted by Gasteiger charge is 2.29. The number of esters is 1. The third-order valence-electron chi connectivity index (χ3n) is 2.67. The molecule has 0 radical (unpaired) electrons. The normalized spacial score (nSPS) is 24.2. The van der Waals surface area contributed by atoms with Crippen LogP contribution in [0.25, 0.3) is 0 Å². The first-order valence-corrected chi connectivity index (χ1v) is 5.70. The largest absolute Gasteiger partial charge is 0.466 e. The molecule has 0 aromatic carbocycles. The van der Waals surface area contributed by atoms with Gasteiger partial charge in [-0.2, -0.15) is 0 Å². The summed E-state index contributed by atoms with van der Waals surface area (Å²) in [7, 11) is 0. The van der Waals surface area contributed by atoms with Crippen LogP contribution in [0.2, 0.25) is 0 Å². The second-order valence-corrected chi connectivity index (χ2v) is 3.97. The topological polar surface area (TPSA) is 52.6 Å². The van der Waals surface area contributed by atoms with Gasteiger partial charge in [0.15, 0.2) is 0 Å². The zero-order valence-corrected chi connectivity index (χ0v) is 9.82. The van der Waals surface area contributed by atoms with Gasteiger partial charge in [-0.3, -0.25) is 4.79 Å². The van der Waals surface area contributed by atoms with E-state index >= 15 is 0 Å². The third-order valence-corrected chi connectivity index (χ3v) is 2.67. The summed E-state index contributed by atoms with van der Waals surface area (Å²) in [6.07, 6.45) is 3.09. The highest BCUT2D eigenvalue weighted by Crippen LogP contribution is 2.28. The molecule has 0 spiro atoms. The monoisotopic (exact) mass is 226 g/mol. The van der Waals surface area contributed by atoms with Gasteiger partial charge in [0.2, 0.25) is 0 Å². The van der Waals surface area contributed by atoms with Crippen molar-refractivity contribution < 1.29 is 19.1 Å². The highest BCUT2D eigenvalue weighted by molar-refractivity contribution is 5.65. The van der Waals surface area contributed by atoms with Crippen molar-refractivity contribution in [3.63, 3.8) is 0 Å². The number of hydrogen-bond donors (Lipinski definition) is 0. The number of rotatable bonds is 5. The van der Waals surface area contributed by atoms with E-state index in [1.807, 2.05) is 12.9 Å². The van der Waals surface area contributed by atoms with Gasteiger partial charge >= 0.3 is 5.97 Å². The molecule has 90 valence electrons. The van der Waals surface area contributed by atoms with Crippen molar-refractivity contribution in [1.82, 2.24) is 0 Å². The predicted molar refractivity (Wildman–Crippen MR) is 58.6 cm³/mol. The van der Waals surface area contributed by atoms with Gasteiger partial charge in [-0.25, -0.2) is 4.79 Å². The Bertz CT molecular complexity index is 291. The molecule has 16 heavy (non-hydrogen) atoms. The standard InChI is InChI=1S/C12H18O4/c1-3-12-10(8-13)7-11(16-12)5-4-6-15-9(2)14/h11-12H,3-7H2,1-2H3/t11-,12+/m0/s1. The Labute approximate surface area is 95.6 Å². The fourth-order valence-electron chi connectivity index (χ4n) is 1.89. The van der Waals surface area contributed by atoms with Crippen molar-refractivity contribution >= 4 is 11.9 Å². The van der Waals surface area contributed by atoms with Crippen LogP contribution in [0, 0.1) is 0 Å². The van der Waals surface area contributed by atoms with Gasteiger partial charge < -0.3 is 9.47 Å². The lowest BCUT2D eigenvalue weighted by Gasteiger charge is -2.11. The van der Waals surface area contributed by atoms with E-state index < -0.39 is 0 Å². The highest BCUT2D eigenvalue weighted by atomic mass is 16.5. The van der Waals surface area contributed by atoms with E-state index in [0.717, 1.165) is 24.8 Å². The Balaban J connectivity index is 2.25. The first kappa shape index (κ1) is 12.9. The lowest BCUT2D eigenvalue weighted by molar-refractivity contribution is -0.141. The Morgan fingerprint density at radius 1 is 1.62 bits per heavy atom. The summed E-state index contributed by atoms with van der Waals surface area (Å²) in [4.78, 5) is 21.2. The minimum Gasteiger partial charge on any atom is -0.466 e. The van der Waals surface area contributed by atoms with Gasteiger partial charge in [0.05, 0.1) is 18.8 Å². The van der Waals surface area contributed by atoms with Gasteiger partial charge in [-0.15, -0.1) is 0 Å². The molecule has 0 unspecified atom stereocenters. The number of hydrogen-bond acceptors (Lipinski definition) is 4. The summed E-state index contributed by atoms with van der Waals surface area (Å²) in [6.45, 7) is 3.81. The quantitative estimate of drug-likeness (QED) is 0.406. The molecule has 1 heterocycles. The second-order valence-electron chi connectivity index (χ2n) is 3.97. The molecular formula is C12H18O4. The molecule has 4 heteroatoms. The van der Waals surface area contributed by atoms with Crippen LogP contribution in [-0.2, 0) is 19.1 Å². The van der Waals surface area contributed by atoms with Crippen LogP contribution in [0.3, 0.4) is 0 Å². The molecule has 4 nitrogen and oxygen atoms in total. The second kappa shape index (κ2) is 6.46. The van der Waals surface area contributed by atoms with Crippen LogP contribution in [0.5, 0.6) is 0 Å². The first-order valence-electron chi connectivity index (χ1n) is 5.70. The van der Waals surface area contributed by atoms with Crippen LogP contribution in [0.15, 0.2) is 5.57 Å². The van der Waals surface area contributed by atoms with Crippen molar-refractivity contribution in [2.75, 3.05) is 6.61 Å². The molecule has 0 aromatic rings. The number of carbonyl (C=O) groups excluding carboxylic acids is 2. The SMILES string of the molecule is CC[C@H]1O[C@@H](CCCOC(C)=O)CC1=C=O. The van der Waals surface area contributed by atoms with Gasteiger partial charge in [-0.1, -0.05) is 6.92 Å². The zero-order chi connectivity index (χ0) is 12.0. The summed E-state index contributed by atoms with van der Waals surface area (Å²) in [5, 5.41) is 0. The van der Waals surface area contributed by atoms with E-state index in [2.05, 4.69) is 0 Å². The summed E-state index contributed by atoms with van der Waals surface area (Å²) in [6, 6.07) is 0. The Hall–Kier alpha value is -1.12. The fourth-order valence-corrected chi connectivity index (χ4v) is 1.89. The Kier molecular flexibility index (Phi) is 5.23. The molecule has 0 saturated carbocycles. The van der Waals surface area contributed by atoms with Crippen molar-refractivity contribution in [3.05, 3.63) is 5.57 Å². The van der Waals surface area contributed by atoms with E-state index in [0.29, 0.717) is 13.0 Å². The van der Waals surface area contributed by atoms with Gasteiger partial charge in [0, 0.05) is 18.9 Å². The number of ether oxygens (including phenoxy) is 2. The molecular weight excluding hydrogens is 208 g/mol.